The molecule has 0 unspecified atom stereocenters. The maximum Gasteiger partial charge on any atom is 0.573 e. The van der Waals surface area contributed by atoms with Crippen LogP contribution in [0.1, 0.15) is 0 Å². The molecule has 0 N–H and O–H groups in total. The lowest BCUT2D eigenvalue weighted by Gasteiger charge is -2.09. The molecular weight excluding hydrogens is 367 g/mol. The van der Waals surface area contributed by atoms with E-state index in [-0.39, 0.29) is 9.79 Å². The van der Waals surface area contributed by atoms with Crippen LogP contribution >= 0.6 is 0 Å². The van der Waals surface area contributed by atoms with Crippen LogP contribution in [0.25, 0.3) is 0 Å². The number of ether oxygens (including phenoxy) is 1. The first-order chi connectivity index (χ1) is 11.0. The number of nitrogens with zero attached hydrogens (tertiary/aromatic N) is 1. The van der Waals surface area contributed by atoms with Crippen LogP contribution < -0.4 is 4.74 Å². The summed E-state index contributed by atoms with van der Waals surface area (Å²) in [4.78, 5) is -0.159. The van der Waals surface area contributed by atoms with E-state index in [9.17, 15) is 25.8 Å². The highest BCUT2D eigenvalue weighted by atomic mass is 32.3. The molecule has 0 aliphatic heterocycles. The van der Waals surface area contributed by atoms with Crippen molar-refractivity contribution in [3.05, 3.63) is 54.6 Å². The first kappa shape index (κ1) is 18.3. The third-order valence-electron chi connectivity index (χ3n) is 2.78. The van der Waals surface area contributed by atoms with Gasteiger partial charge in [-0.15, -0.1) is 16.9 Å². The lowest BCUT2D eigenvalue weighted by atomic mass is 10.3. The number of hydrogen-bond acceptors (Lipinski definition) is 4. The van der Waals surface area contributed by atoms with Gasteiger partial charge in [-0.2, -0.15) is 8.42 Å². The molecule has 0 aliphatic carbocycles. The van der Waals surface area contributed by atoms with E-state index in [2.05, 4.69) is 8.50 Å². The van der Waals surface area contributed by atoms with Gasteiger partial charge < -0.3 is 4.74 Å². The molecule has 1 atom stereocenters. The highest BCUT2D eigenvalue weighted by molar-refractivity contribution is 8.03. The summed E-state index contributed by atoms with van der Waals surface area (Å²) in [5.41, 5.74) is 0. The highest BCUT2D eigenvalue weighted by Crippen LogP contribution is 2.25. The van der Waals surface area contributed by atoms with Crippen molar-refractivity contribution in [1.29, 1.82) is 0 Å². The summed E-state index contributed by atoms with van der Waals surface area (Å²) in [6.07, 6.45) is -3.71. The quantitative estimate of drug-likeness (QED) is 0.816. The normalized spacial score (nSPS) is 14.7. The Bertz CT molecular complexity index is 930. The summed E-state index contributed by atoms with van der Waals surface area (Å²) in [6, 6.07) is 11.3. The van der Waals surface area contributed by atoms with E-state index in [1.807, 2.05) is 0 Å². The van der Waals surface area contributed by atoms with Gasteiger partial charge in [0.2, 0.25) is 0 Å². The molecule has 130 valence electrons. The lowest BCUT2D eigenvalue weighted by Crippen LogP contribution is -2.17. The molecule has 0 heterocycles. The first-order valence-corrected chi connectivity index (χ1v) is 9.75. The number of hydrogen-bond donors (Lipinski definition) is 0. The fourth-order valence-electron chi connectivity index (χ4n) is 1.76. The minimum atomic E-state index is -4.88. The van der Waals surface area contributed by atoms with Crippen molar-refractivity contribution < 1.29 is 30.5 Å². The van der Waals surface area contributed by atoms with E-state index in [0.717, 1.165) is 24.3 Å². The van der Waals surface area contributed by atoms with Gasteiger partial charge in [-0.05, 0) is 36.4 Å². The summed E-state index contributed by atoms with van der Waals surface area (Å²) in [5.74, 6) is -0.568. The second-order valence-electron chi connectivity index (χ2n) is 4.68. The van der Waals surface area contributed by atoms with Crippen molar-refractivity contribution in [2.75, 3.05) is 6.26 Å². The van der Waals surface area contributed by atoms with E-state index >= 15 is 0 Å². The molecule has 0 fully saturated rings. The first-order valence-electron chi connectivity index (χ1n) is 6.39. The van der Waals surface area contributed by atoms with Crippen molar-refractivity contribution in [2.24, 2.45) is 3.77 Å². The summed E-state index contributed by atoms with van der Waals surface area (Å²) >= 11 is 0. The highest BCUT2D eigenvalue weighted by Gasteiger charge is 2.31. The summed E-state index contributed by atoms with van der Waals surface area (Å²) in [7, 11) is -7.54. The Morgan fingerprint density at radius 3 is 1.92 bits per heavy atom. The van der Waals surface area contributed by atoms with Crippen molar-refractivity contribution in [3.63, 3.8) is 0 Å². The van der Waals surface area contributed by atoms with Crippen LogP contribution in [-0.4, -0.2) is 25.2 Å². The minimum Gasteiger partial charge on any atom is -0.406 e. The molecule has 0 saturated heterocycles. The van der Waals surface area contributed by atoms with Crippen molar-refractivity contribution >= 4 is 19.8 Å². The maximum atomic E-state index is 12.5. The van der Waals surface area contributed by atoms with Crippen LogP contribution in [0.4, 0.5) is 13.2 Å². The van der Waals surface area contributed by atoms with Crippen LogP contribution in [0.15, 0.2) is 68.2 Å². The Morgan fingerprint density at radius 1 is 0.875 bits per heavy atom. The smallest absolute Gasteiger partial charge is 0.406 e. The standard InChI is InChI=1S/C14H12F3NO4S2/c1-23(19,12-5-3-2-4-6-12)18-24(20,21)13-9-7-11(8-10-13)22-14(15,16)17/h2-10H,1H3/t23-/m1/s1. The van der Waals surface area contributed by atoms with Gasteiger partial charge in [0, 0.05) is 11.2 Å². The molecule has 2 aromatic rings. The predicted molar refractivity (Wildman–Crippen MR) is 81.5 cm³/mol. The van der Waals surface area contributed by atoms with E-state index in [4.69, 9.17) is 0 Å². The van der Waals surface area contributed by atoms with Crippen LogP contribution in [0, 0.1) is 0 Å². The van der Waals surface area contributed by atoms with Gasteiger partial charge in [0.05, 0.1) is 14.6 Å². The number of halogens is 3. The molecule has 2 rings (SSSR count). The molecule has 0 amide bonds. The van der Waals surface area contributed by atoms with Gasteiger partial charge in [-0.25, -0.2) is 4.21 Å². The number of benzene rings is 2. The predicted octanol–water partition coefficient (Wildman–Crippen LogP) is 3.43. The zero-order valence-corrected chi connectivity index (χ0v) is 13.9. The fourth-order valence-corrected chi connectivity index (χ4v) is 5.09. The average molecular weight is 379 g/mol. The van der Waals surface area contributed by atoms with Crippen molar-refractivity contribution in [2.45, 2.75) is 16.2 Å². The molecule has 0 aliphatic rings. The lowest BCUT2D eigenvalue weighted by molar-refractivity contribution is -0.274. The van der Waals surface area contributed by atoms with E-state index in [1.54, 1.807) is 18.2 Å². The zero-order chi connectivity index (χ0) is 18.0. The Hall–Kier alpha value is -2.07. The third kappa shape index (κ3) is 4.71. The molecule has 0 radical (unpaired) electrons. The van der Waals surface area contributed by atoms with Crippen LogP contribution in [-0.2, 0) is 19.8 Å². The van der Waals surface area contributed by atoms with Crippen LogP contribution in [0.2, 0.25) is 0 Å². The minimum absolute atomic E-state index is 0.227. The maximum absolute atomic E-state index is 12.5. The second-order valence-corrected chi connectivity index (χ2v) is 8.78. The topological polar surface area (TPSA) is 72.8 Å². The molecule has 0 saturated carbocycles. The Labute approximate surface area is 137 Å². The zero-order valence-electron chi connectivity index (χ0n) is 12.2. The fraction of sp³-hybridized carbons (Fsp3) is 0.143. The Morgan fingerprint density at radius 2 is 1.42 bits per heavy atom. The molecule has 0 spiro atoms. The van der Waals surface area contributed by atoms with Crippen molar-refractivity contribution in [3.8, 4) is 5.75 Å². The number of alkyl halides is 3. The second kappa shape index (κ2) is 6.44. The summed E-state index contributed by atoms with van der Waals surface area (Å²) in [5, 5.41) is 0. The van der Waals surface area contributed by atoms with E-state index in [1.165, 1.54) is 18.4 Å². The molecule has 24 heavy (non-hydrogen) atoms. The van der Waals surface area contributed by atoms with E-state index in [0.29, 0.717) is 0 Å². The molecule has 10 heteroatoms. The van der Waals surface area contributed by atoms with Gasteiger partial charge in [0.15, 0.2) is 0 Å². The third-order valence-corrected chi connectivity index (χ3v) is 6.71. The van der Waals surface area contributed by atoms with Crippen molar-refractivity contribution in [1.82, 2.24) is 0 Å². The molecule has 0 bridgehead atoms. The molecule has 5 nitrogen and oxygen atoms in total. The van der Waals surface area contributed by atoms with E-state index < -0.39 is 31.9 Å². The Kier molecular flexibility index (Phi) is 4.90. The summed E-state index contributed by atoms with van der Waals surface area (Å²) in [6.45, 7) is 0. The number of sulfonamides is 1. The molecular formula is C14H12F3NO4S2. The van der Waals surface area contributed by atoms with Gasteiger partial charge in [0.25, 0.3) is 10.0 Å². The van der Waals surface area contributed by atoms with Crippen LogP contribution in [0.5, 0.6) is 5.75 Å². The van der Waals surface area contributed by atoms with Gasteiger partial charge in [0.1, 0.15) is 5.75 Å². The van der Waals surface area contributed by atoms with Gasteiger partial charge in [-0.3, -0.25) is 0 Å². The largest absolute Gasteiger partial charge is 0.573 e. The SMILES string of the molecule is C[S@](=O)(=NS(=O)(=O)c1ccc(OC(F)(F)F)cc1)c1ccccc1. The monoisotopic (exact) mass is 379 g/mol. The average Bonchev–Trinajstić information content (AvgIpc) is 2.46. The van der Waals surface area contributed by atoms with Gasteiger partial charge in [-0.1, -0.05) is 18.2 Å². The summed E-state index contributed by atoms with van der Waals surface area (Å²) < 4.78 is 80.3. The van der Waals surface area contributed by atoms with Crippen LogP contribution in [0.3, 0.4) is 0 Å². The Balaban J connectivity index is 2.37. The number of rotatable bonds is 4. The van der Waals surface area contributed by atoms with Gasteiger partial charge >= 0.3 is 6.36 Å². The molecule has 0 aromatic heterocycles. The molecule has 2 aromatic carbocycles.